The van der Waals surface area contributed by atoms with E-state index in [2.05, 4.69) is 11.4 Å². The van der Waals surface area contributed by atoms with E-state index >= 15 is 0 Å². The summed E-state index contributed by atoms with van der Waals surface area (Å²) in [6.07, 6.45) is 0.301. The van der Waals surface area contributed by atoms with Gasteiger partial charge in [-0.3, -0.25) is 0 Å². The summed E-state index contributed by atoms with van der Waals surface area (Å²) in [6.45, 7) is 4.60. The van der Waals surface area contributed by atoms with E-state index in [-0.39, 0.29) is 12.2 Å². The number of ether oxygens (including phenoxy) is 1. The number of thiophene rings is 1. The van der Waals surface area contributed by atoms with Gasteiger partial charge in [0.05, 0.1) is 12.2 Å². The van der Waals surface area contributed by atoms with Crippen molar-refractivity contribution in [2.24, 2.45) is 5.73 Å². The third kappa shape index (κ3) is 2.59. The fraction of sp³-hybridized carbons (Fsp3) is 0.556. The number of nitrogens with two attached hydrogens (primary N) is 1. The highest BCUT2D eigenvalue weighted by Crippen LogP contribution is 2.20. The maximum Gasteiger partial charge on any atom is 0.0958 e. The summed E-state index contributed by atoms with van der Waals surface area (Å²) in [6, 6.07) is 2.06. The Labute approximate surface area is 77.3 Å². The molecule has 2 N–H and O–H groups in total. The fourth-order valence-electron chi connectivity index (χ4n) is 1.06. The summed E-state index contributed by atoms with van der Waals surface area (Å²) in [5.41, 5.74) is 6.78. The van der Waals surface area contributed by atoms with Crippen molar-refractivity contribution in [3.63, 3.8) is 0 Å². The smallest absolute Gasteiger partial charge is 0.0958 e. The van der Waals surface area contributed by atoms with Gasteiger partial charge in [-0.15, -0.1) is 0 Å². The molecule has 0 radical (unpaired) electrons. The number of hydrogen-bond donors (Lipinski definition) is 1. The average molecular weight is 185 g/mol. The third-order valence-corrected chi connectivity index (χ3v) is 2.27. The molecule has 0 spiro atoms. The van der Waals surface area contributed by atoms with Crippen molar-refractivity contribution in [1.82, 2.24) is 0 Å². The van der Waals surface area contributed by atoms with E-state index < -0.39 is 0 Å². The lowest BCUT2D eigenvalue weighted by molar-refractivity contribution is 0.0122. The van der Waals surface area contributed by atoms with Gasteiger partial charge in [-0.05, 0) is 36.2 Å². The van der Waals surface area contributed by atoms with Gasteiger partial charge in [0.2, 0.25) is 0 Å². The van der Waals surface area contributed by atoms with Crippen LogP contribution in [-0.4, -0.2) is 12.6 Å². The second-order valence-electron chi connectivity index (χ2n) is 2.97. The summed E-state index contributed by atoms with van der Waals surface area (Å²) in [4.78, 5) is 0. The largest absolute Gasteiger partial charge is 0.370 e. The molecule has 0 aliphatic heterocycles. The molecule has 0 saturated carbocycles. The predicted octanol–water partition coefficient (Wildman–Crippen LogP) is 2.17. The van der Waals surface area contributed by atoms with Crippen LogP contribution < -0.4 is 5.73 Å². The number of rotatable bonds is 4. The molecule has 0 aliphatic carbocycles. The molecular weight excluding hydrogens is 170 g/mol. The highest BCUT2D eigenvalue weighted by atomic mass is 32.1. The monoisotopic (exact) mass is 185 g/mol. The topological polar surface area (TPSA) is 35.2 Å². The molecular formula is C9H15NOS. The van der Waals surface area contributed by atoms with Crippen molar-refractivity contribution in [1.29, 1.82) is 0 Å². The molecule has 1 aromatic rings. The third-order valence-electron chi connectivity index (χ3n) is 1.57. The van der Waals surface area contributed by atoms with Gasteiger partial charge in [-0.1, -0.05) is 0 Å². The van der Waals surface area contributed by atoms with E-state index in [1.54, 1.807) is 11.3 Å². The maximum absolute atomic E-state index is 5.63. The Balaban J connectivity index is 2.57. The van der Waals surface area contributed by atoms with Gasteiger partial charge in [0.15, 0.2) is 0 Å². The second-order valence-corrected chi connectivity index (χ2v) is 3.75. The lowest BCUT2D eigenvalue weighted by Crippen LogP contribution is -2.18. The van der Waals surface area contributed by atoms with Gasteiger partial charge in [-0.25, -0.2) is 0 Å². The quantitative estimate of drug-likeness (QED) is 0.780. The van der Waals surface area contributed by atoms with Crippen LogP contribution >= 0.6 is 11.3 Å². The minimum Gasteiger partial charge on any atom is -0.370 e. The first-order valence-electron chi connectivity index (χ1n) is 4.11. The van der Waals surface area contributed by atoms with Crippen molar-refractivity contribution in [3.05, 3.63) is 22.4 Å². The Hall–Kier alpha value is -0.380. The molecule has 2 nitrogen and oxygen atoms in total. The van der Waals surface area contributed by atoms with Crippen LogP contribution in [0.2, 0.25) is 0 Å². The van der Waals surface area contributed by atoms with Gasteiger partial charge in [0.25, 0.3) is 0 Å². The van der Waals surface area contributed by atoms with Crippen molar-refractivity contribution in [2.45, 2.75) is 26.1 Å². The molecule has 0 fully saturated rings. The molecule has 1 aromatic heterocycles. The standard InChI is InChI=1S/C9H15NOS/c1-7(2)11-9(5-10)8-3-4-12-6-8/h3-4,6-7,9H,5,10H2,1-2H3. The van der Waals surface area contributed by atoms with Crippen molar-refractivity contribution < 1.29 is 4.74 Å². The zero-order chi connectivity index (χ0) is 8.97. The Bertz CT molecular complexity index is 208. The first-order chi connectivity index (χ1) is 5.74. The molecule has 0 aromatic carbocycles. The van der Waals surface area contributed by atoms with Crippen LogP contribution in [0.1, 0.15) is 25.5 Å². The van der Waals surface area contributed by atoms with Gasteiger partial charge < -0.3 is 10.5 Å². The van der Waals surface area contributed by atoms with E-state index in [4.69, 9.17) is 10.5 Å². The predicted molar refractivity (Wildman–Crippen MR) is 52.3 cm³/mol. The molecule has 68 valence electrons. The van der Waals surface area contributed by atoms with Crippen LogP contribution in [0.25, 0.3) is 0 Å². The first kappa shape index (κ1) is 9.71. The molecule has 1 rings (SSSR count). The van der Waals surface area contributed by atoms with E-state index in [1.165, 1.54) is 5.56 Å². The Kier molecular flexibility index (Phi) is 3.72. The molecule has 0 bridgehead atoms. The summed E-state index contributed by atoms with van der Waals surface area (Å²) in [5.74, 6) is 0. The van der Waals surface area contributed by atoms with E-state index in [0.29, 0.717) is 6.54 Å². The first-order valence-corrected chi connectivity index (χ1v) is 5.06. The lowest BCUT2D eigenvalue weighted by Gasteiger charge is -2.17. The van der Waals surface area contributed by atoms with E-state index in [0.717, 1.165) is 0 Å². The summed E-state index contributed by atoms with van der Waals surface area (Å²) < 4.78 is 5.63. The summed E-state index contributed by atoms with van der Waals surface area (Å²) >= 11 is 1.67. The molecule has 0 amide bonds. The maximum atomic E-state index is 5.63. The molecule has 0 aliphatic rings. The van der Waals surface area contributed by atoms with Crippen molar-refractivity contribution >= 4 is 11.3 Å². The summed E-state index contributed by atoms with van der Waals surface area (Å²) in [7, 11) is 0. The van der Waals surface area contributed by atoms with Crippen LogP contribution in [0.4, 0.5) is 0 Å². The van der Waals surface area contributed by atoms with E-state index in [9.17, 15) is 0 Å². The van der Waals surface area contributed by atoms with Gasteiger partial charge >= 0.3 is 0 Å². The molecule has 12 heavy (non-hydrogen) atoms. The van der Waals surface area contributed by atoms with Crippen LogP contribution in [0.15, 0.2) is 16.8 Å². The Morgan fingerprint density at radius 2 is 2.33 bits per heavy atom. The van der Waals surface area contributed by atoms with Crippen molar-refractivity contribution in [3.8, 4) is 0 Å². The molecule has 1 unspecified atom stereocenters. The van der Waals surface area contributed by atoms with Crippen LogP contribution in [0.5, 0.6) is 0 Å². The van der Waals surface area contributed by atoms with Crippen LogP contribution in [-0.2, 0) is 4.74 Å². The Morgan fingerprint density at radius 1 is 1.58 bits per heavy atom. The molecule has 1 atom stereocenters. The molecule has 0 saturated heterocycles. The van der Waals surface area contributed by atoms with Gasteiger partial charge in [0, 0.05) is 6.54 Å². The van der Waals surface area contributed by atoms with Gasteiger partial charge in [-0.2, -0.15) is 11.3 Å². The molecule has 1 heterocycles. The Morgan fingerprint density at radius 3 is 2.75 bits per heavy atom. The minimum atomic E-state index is 0.0660. The van der Waals surface area contributed by atoms with E-state index in [1.807, 2.05) is 19.2 Å². The summed E-state index contributed by atoms with van der Waals surface area (Å²) in [5, 5.41) is 4.13. The highest BCUT2D eigenvalue weighted by Gasteiger charge is 2.11. The minimum absolute atomic E-state index is 0.0660. The lowest BCUT2D eigenvalue weighted by atomic mass is 10.2. The zero-order valence-corrected chi connectivity index (χ0v) is 8.30. The second kappa shape index (κ2) is 4.60. The van der Waals surface area contributed by atoms with Crippen molar-refractivity contribution in [2.75, 3.05) is 6.54 Å². The zero-order valence-electron chi connectivity index (χ0n) is 7.49. The van der Waals surface area contributed by atoms with Crippen LogP contribution in [0.3, 0.4) is 0 Å². The fourth-order valence-corrected chi connectivity index (χ4v) is 1.76. The molecule has 3 heteroatoms. The number of hydrogen-bond acceptors (Lipinski definition) is 3. The van der Waals surface area contributed by atoms with Crippen LogP contribution in [0, 0.1) is 0 Å². The SMILES string of the molecule is CC(C)OC(CN)c1ccsc1. The van der Waals surface area contributed by atoms with Gasteiger partial charge in [0.1, 0.15) is 0 Å². The highest BCUT2D eigenvalue weighted by molar-refractivity contribution is 7.07. The average Bonchev–Trinajstić information content (AvgIpc) is 2.51. The normalized spacial score (nSPS) is 13.7.